The number of aromatic amines is 1. The van der Waals surface area contributed by atoms with E-state index in [0.29, 0.717) is 23.6 Å². The van der Waals surface area contributed by atoms with Crippen LogP contribution in [0.2, 0.25) is 19.6 Å². The van der Waals surface area contributed by atoms with Crippen LogP contribution in [0.15, 0.2) is 11.8 Å². The number of aromatic nitrogens is 1. The summed E-state index contributed by atoms with van der Waals surface area (Å²) in [5, 5.41) is 2.89. The monoisotopic (exact) mass is 380 g/mol. The molecule has 1 amide bonds. The summed E-state index contributed by atoms with van der Waals surface area (Å²) in [6.45, 7) is 12.0. The zero-order valence-corrected chi connectivity index (χ0v) is 17.5. The molecule has 1 aromatic rings. The third kappa shape index (κ3) is 4.18. The minimum Gasteiger partial charge on any atom is -0.499 e. The van der Waals surface area contributed by atoms with Crippen LogP contribution in [0, 0.1) is 13.8 Å². The fourth-order valence-corrected chi connectivity index (χ4v) is 4.15. The van der Waals surface area contributed by atoms with Crippen molar-refractivity contribution in [2.24, 2.45) is 0 Å². The van der Waals surface area contributed by atoms with Gasteiger partial charge in [0.05, 0.1) is 19.3 Å². The molecule has 0 saturated heterocycles. The molecular formula is C18H28N2O5Si. The quantitative estimate of drug-likeness (QED) is 0.561. The van der Waals surface area contributed by atoms with E-state index in [4.69, 9.17) is 13.9 Å². The van der Waals surface area contributed by atoms with Crippen LogP contribution in [-0.2, 0) is 18.7 Å². The summed E-state index contributed by atoms with van der Waals surface area (Å²) < 4.78 is 17.0. The number of nitrogens with one attached hydrogen (secondary N) is 2. The molecule has 1 aliphatic rings. The Morgan fingerprint density at radius 2 is 1.96 bits per heavy atom. The van der Waals surface area contributed by atoms with E-state index in [2.05, 4.69) is 29.9 Å². The second kappa shape index (κ2) is 7.67. The van der Waals surface area contributed by atoms with Crippen molar-refractivity contribution >= 4 is 20.2 Å². The first kappa shape index (κ1) is 20.3. The number of methoxy groups -OCH3 is 1. The lowest BCUT2D eigenvalue weighted by molar-refractivity contribution is -0.116. The average molecular weight is 381 g/mol. The number of carbonyl (C=O) groups is 2. The zero-order chi connectivity index (χ0) is 19.6. The number of aryl methyl sites for hydroxylation is 1. The first-order chi connectivity index (χ1) is 12.1. The fourth-order valence-electron chi connectivity index (χ4n) is 3.14. The van der Waals surface area contributed by atoms with Crippen LogP contribution < -0.4 is 5.32 Å². The summed E-state index contributed by atoms with van der Waals surface area (Å²) in [6.07, 6.45) is 0.948. The summed E-state index contributed by atoms with van der Waals surface area (Å²) in [5.41, 5.74) is 2.75. The largest absolute Gasteiger partial charge is 0.499 e. The normalized spacial score (nSPS) is 18.3. The van der Waals surface area contributed by atoms with Crippen molar-refractivity contribution in [3.8, 4) is 0 Å². The van der Waals surface area contributed by atoms with Crippen LogP contribution in [0.4, 0.5) is 0 Å². The van der Waals surface area contributed by atoms with Crippen LogP contribution in [-0.4, -0.2) is 44.9 Å². The van der Waals surface area contributed by atoms with E-state index in [1.807, 2.05) is 13.8 Å². The zero-order valence-electron chi connectivity index (χ0n) is 16.5. The Balaban J connectivity index is 2.50. The maximum Gasteiger partial charge on any atom is 0.340 e. The first-order valence-corrected chi connectivity index (χ1v) is 12.1. The van der Waals surface area contributed by atoms with E-state index < -0.39 is 20.5 Å². The lowest BCUT2D eigenvalue weighted by atomic mass is 10.0. The molecular weight excluding hydrogens is 352 g/mol. The maximum atomic E-state index is 12.3. The molecule has 0 bridgehead atoms. The Bertz CT molecular complexity index is 733. The van der Waals surface area contributed by atoms with Gasteiger partial charge in [0.25, 0.3) is 0 Å². The SMILES string of the molecule is CCOC(=O)c1c(C)[nH]c(C(O[Si](C)(C)C)C2NC(=O)C=C2OC)c1C. The number of rotatable bonds is 7. The molecule has 0 saturated carbocycles. The number of carbonyl (C=O) groups excluding carboxylic acids is 2. The van der Waals surface area contributed by atoms with E-state index in [-0.39, 0.29) is 11.9 Å². The Kier molecular flexibility index (Phi) is 5.97. The third-order valence-electron chi connectivity index (χ3n) is 4.14. The van der Waals surface area contributed by atoms with Gasteiger partial charge in [-0.25, -0.2) is 4.79 Å². The summed E-state index contributed by atoms with van der Waals surface area (Å²) >= 11 is 0. The van der Waals surface area contributed by atoms with Crippen molar-refractivity contribution in [2.45, 2.75) is 52.6 Å². The molecule has 0 aliphatic carbocycles. The molecule has 1 aliphatic heterocycles. The molecule has 2 unspecified atom stereocenters. The maximum absolute atomic E-state index is 12.3. The Morgan fingerprint density at radius 1 is 1.31 bits per heavy atom. The molecule has 2 atom stereocenters. The van der Waals surface area contributed by atoms with Gasteiger partial charge in [0.1, 0.15) is 17.9 Å². The number of ether oxygens (including phenoxy) is 2. The predicted octanol–water partition coefficient (Wildman–Crippen LogP) is 2.73. The van der Waals surface area contributed by atoms with Gasteiger partial charge in [0.2, 0.25) is 5.91 Å². The molecule has 8 heteroatoms. The number of hydrogen-bond donors (Lipinski definition) is 2. The summed E-state index contributed by atoms with van der Waals surface area (Å²) in [5.74, 6) is -0.0696. The van der Waals surface area contributed by atoms with Crippen LogP contribution in [0.1, 0.15) is 40.3 Å². The second-order valence-electron chi connectivity index (χ2n) is 7.27. The van der Waals surface area contributed by atoms with E-state index in [0.717, 1.165) is 11.3 Å². The summed E-state index contributed by atoms with van der Waals surface area (Å²) in [7, 11) is -0.449. The van der Waals surface area contributed by atoms with Gasteiger partial charge in [0.15, 0.2) is 8.32 Å². The molecule has 144 valence electrons. The number of H-pyrrole nitrogens is 1. The molecule has 2 heterocycles. The van der Waals surface area contributed by atoms with Gasteiger partial charge >= 0.3 is 5.97 Å². The van der Waals surface area contributed by atoms with Gasteiger partial charge in [-0.3, -0.25) is 4.79 Å². The minimum atomic E-state index is -1.98. The van der Waals surface area contributed by atoms with Gasteiger partial charge < -0.3 is 24.2 Å². The minimum absolute atomic E-state index is 0.220. The molecule has 2 N–H and O–H groups in total. The molecule has 0 aromatic carbocycles. The summed E-state index contributed by atoms with van der Waals surface area (Å²) in [4.78, 5) is 27.5. The van der Waals surface area contributed by atoms with Crippen LogP contribution in [0.5, 0.6) is 0 Å². The average Bonchev–Trinajstić information content (AvgIpc) is 3.04. The van der Waals surface area contributed by atoms with Crippen LogP contribution >= 0.6 is 0 Å². The van der Waals surface area contributed by atoms with Crippen molar-refractivity contribution in [1.82, 2.24) is 10.3 Å². The highest BCUT2D eigenvalue weighted by Crippen LogP contribution is 2.34. The lowest BCUT2D eigenvalue weighted by Gasteiger charge is -2.31. The van der Waals surface area contributed by atoms with Gasteiger partial charge in [-0.05, 0) is 46.0 Å². The van der Waals surface area contributed by atoms with Crippen LogP contribution in [0.25, 0.3) is 0 Å². The number of amides is 1. The highest BCUT2D eigenvalue weighted by molar-refractivity contribution is 6.69. The molecule has 0 spiro atoms. The molecule has 1 aromatic heterocycles. The second-order valence-corrected chi connectivity index (χ2v) is 11.7. The van der Waals surface area contributed by atoms with E-state index in [9.17, 15) is 9.59 Å². The molecule has 26 heavy (non-hydrogen) atoms. The smallest absolute Gasteiger partial charge is 0.340 e. The van der Waals surface area contributed by atoms with Gasteiger partial charge in [-0.15, -0.1) is 0 Å². The lowest BCUT2D eigenvalue weighted by Crippen LogP contribution is -2.41. The molecule has 2 rings (SSSR count). The van der Waals surface area contributed by atoms with Gasteiger partial charge in [-0.2, -0.15) is 0 Å². The molecule has 0 radical (unpaired) electrons. The van der Waals surface area contributed by atoms with Crippen molar-refractivity contribution in [3.63, 3.8) is 0 Å². The molecule has 7 nitrogen and oxygen atoms in total. The third-order valence-corrected chi connectivity index (χ3v) is 5.10. The van der Waals surface area contributed by atoms with Crippen molar-refractivity contribution < 1.29 is 23.5 Å². The van der Waals surface area contributed by atoms with E-state index >= 15 is 0 Å². The predicted molar refractivity (Wildman–Crippen MR) is 100 cm³/mol. The topological polar surface area (TPSA) is 89.7 Å². The van der Waals surface area contributed by atoms with Crippen molar-refractivity contribution in [3.05, 3.63) is 34.3 Å². The summed E-state index contributed by atoms with van der Waals surface area (Å²) in [6, 6.07) is -0.453. The highest BCUT2D eigenvalue weighted by Gasteiger charge is 2.39. The van der Waals surface area contributed by atoms with E-state index in [1.165, 1.54) is 13.2 Å². The Morgan fingerprint density at radius 3 is 2.50 bits per heavy atom. The fraction of sp³-hybridized carbons (Fsp3) is 0.556. The molecule has 0 fully saturated rings. The van der Waals surface area contributed by atoms with Crippen LogP contribution in [0.3, 0.4) is 0 Å². The Labute approximate surface area is 155 Å². The van der Waals surface area contributed by atoms with E-state index in [1.54, 1.807) is 6.92 Å². The highest BCUT2D eigenvalue weighted by atomic mass is 28.4. The van der Waals surface area contributed by atoms with Crippen molar-refractivity contribution in [1.29, 1.82) is 0 Å². The van der Waals surface area contributed by atoms with Crippen molar-refractivity contribution in [2.75, 3.05) is 13.7 Å². The van der Waals surface area contributed by atoms with Gasteiger partial charge in [-0.1, -0.05) is 0 Å². The number of esters is 1. The Hall–Kier alpha value is -2.06. The van der Waals surface area contributed by atoms with Gasteiger partial charge in [0, 0.05) is 17.5 Å². The number of hydrogen-bond acceptors (Lipinski definition) is 5. The first-order valence-electron chi connectivity index (χ1n) is 8.69. The standard InChI is InChI=1S/C18H28N2O5Si/c1-8-24-18(22)14-10(2)15(19-11(14)3)17(25-26(5,6)7)16-12(23-4)9-13(21)20-16/h9,16-17,19H,8H2,1-7H3,(H,20,21).